The van der Waals surface area contributed by atoms with Crippen molar-refractivity contribution in [3.8, 4) is 0 Å². The number of hydrogen-bond acceptors (Lipinski definition) is 3. The average Bonchev–Trinajstić information content (AvgIpc) is 2.20. The zero-order valence-electron chi connectivity index (χ0n) is 7.68. The standard InChI is InChI=1S/C10H12N2O2/c13-10(8-12-14)11-7-6-9-4-2-1-3-5-9/h1-5,8,14H,6-7H2,(H,11,13). The number of nitrogens with one attached hydrogen (secondary N) is 1. The van der Waals surface area contributed by atoms with Gasteiger partial charge in [0.05, 0.1) is 0 Å². The number of oxime groups is 1. The first-order chi connectivity index (χ1) is 6.83. The second kappa shape index (κ2) is 5.75. The highest BCUT2D eigenvalue weighted by atomic mass is 16.4. The Hall–Kier alpha value is -1.84. The van der Waals surface area contributed by atoms with Crippen molar-refractivity contribution < 1.29 is 10.0 Å². The third-order valence-electron chi connectivity index (χ3n) is 1.73. The lowest BCUT2D eigenvalue weighted by Gasteiger charge is -2.01. The summed E-state index contributed by atoms with van der Waals surface area (Å²) in [6.07, 6.45) is 1.61. The van der Waals surface area contributed by atoms with E-state index < -0.39 is 0 Å². The van der Waals surface area contributed by atoms with Crippen molar-refractivity contribution in [1.29, 1.82) is 0 Å². The summed E-state index contributed by atoms with van der Waals surface area (Å²) in [6, 6.07) is 9.83. The molecule has 14 heavy (non-hydrogen) atoms. The van der Waals surface area contributed by atoms with Crippen LogP contribution in [0.1, 0.15) is 5.56 Å². The minimum Gasteiger partial charge on any atom is -0.411 e. The number of carbonyl (C=O) groups is 1. The summed E-state index contributed by atoms with van der Waals surface area (Å²) in [6.45, 7) is 0.537. The van der Waals surface area contributed by atoms with Crippen LogP contribution >= 0.6 is 0 Å². The molecule has 0 saturated carbocycles. The first-order valence-electron chi connectivity index (χ1n) is 4.32. The maximum atomic E-state index is 10.8. The van der Waals surface area contributed by atoms with Crippen LogP contribution in [0.3, 0.4) is 0 Å². The molecule has 0 bridgehead atoms. The molecule has 0 heterocycles. The Bertz CT molecular complexity index is 309. The highest BCUT2D eigenvalue weighted by molar-refractivity contribution is 6.25. The molecule has 1 amide bonds. The third-order valence-corrected chi connectivity index (χ3v) is 1.73. The number of hydrogen-bond donors (Lipinski definition) is 2. The van der Waals surface area contributed by atoms with Gasteiger partial charge in [-0.1, -0.05) is 35.5 Å². The molecule has 4 heteroatoms. The quantitative estimate of drug-likeness (QED) is 0.421. The molecule has 0 fully saturated rings. The van der Waals surface area contributed by atoms with E-state index in [9.17, 15) is 4.79 Å². The van der Waals surface area contributed by atoms with E-state index in [1.54, 1.807) is 0 Å². The highest BCUT2D eigenvalue weighted by Crippen LogP contribution is 1.97. The Kier molecular flexibility index (Phi) is 4.20. The predicted molar refractivity (Wildman–Crippen MR) is 53.4 cm³/mol. The Balaban J connectivity index is 2.25. The van der Waals surface area contributed by atoms with Gasteiger partial charge in [-0.25, -0.2) is 0 Å². The fourth-order valence-electron chi connectivity index (χ4n) is 1.07. The maximum absolute atomic E-state index is 10.8. The zero-order valence-corrected chi connectivity index (χ0v) is 7.68. The molecule has 0 aliphatic rings. The number of carbonyl (C=O) groups excluding carboxylic acids is 1. The summed E-state index contributed by atoms with van der Waals surface area (Å²) < 4.78 is 0. The number of amides is 1. The van der Waals surface area contributed by atoms with Crippen LogP contribution in [-0.4, -0.2) is 23.9 Å². The van der Waals surface area contributed by atoms with Crippen LogP contribution in [0.2, 0.25) is 0 Å². The summed E-state index contributed by atoms with van der Waals surface area (Å²) in [5.41, 5.74) is 1.16. The lowest BCUT2D eigenvalue weighted by molar-refractivity contribution is -0.114. The smallest absolute Gasteiger partial charge is 0.265 e. The van der Waals surface area contributed by atoms with Gasteiger partial charge in [0.1, 0.15) is 6.21 Å². The lowest BCUT2D eigenvalue weighted by Crippen LogP contribution is -2.26. The van der Waals surface area contributed by atoms with E-state index in [-0.39, 0.29) is 5.91 Å². The molecule has 0 aliphatic heterocycles. The molecule has 0 spiro atoms. The van der Waals surface area contributed by atoms with Gasteiger partial charge in [0.2, 0.25) is 0 Å². The van der Waals surface area contributed by atoms with E-state index in [2.05, 4.69) is 10.5 Å². The molecule has 0 radical (unpaired) electrons. The van der Waals surface area contributed by atoms with Crippen molar-refractivity contribution in [3.05, 3.63) is 35.9 Å². The fraction of sp³-hybridized carbons (Fsp3) is 0.200. The van der Waals surface area contributed by atoms with E-state index in [4.69, 9.17) is 5.21 Å². The largest absolute Gasteiger partial charge is 0.411 e. The maximum Gasteiger partial charge on any atom is 0.265 e. The van der Waals surface area contributed by atoms with Crippen molar-refractivity contribution >= 4 is 12.1 Å². The SMILES string of the molecule is O=C(C=NO)NCCc1ccccc1. The molecule has 0 aliphatic carbocycles. The van der Waals surface area contributed by atoms with Crippen LogP contribution in [0.15, 0.2) is 35.5 Å². The molecule has 0 aromatic heterocycles. The van der Waals surface area contributed by atoms with Crippen molar-refractivity contribution in [2.24, 2.45) is 5.16 Å². The van der Waals surface area contributed by atoms with Gasteiger partial charge in [-0.05, 0) is 12.0 Å². The zero-order chi connectivity index (χ0) is 10.2. The summed E-state index contributed by atoms with van der Waals surface area (Å²) in [5, 5.41) is 13.3. The Labute approximate surface area is 82.2 Å². The summed E-state index contributed by atoms with van der Waals surface area (Å²) in [7, 11) is 0. The number of nitrogens with zero attached hydrogens (tertiary/aromatic N) is 1. The van der Waals surface area contributed by atoms with Gasteiger partial charge in [0, 0.05) is 6.54 Å². The van der Waals surface area contributed by atoms with Gasteiger partial charge >= 0.3 is 0 Å². The molecule has 1 aromatic rings. The van der Waals surface area contributed by atoms with E-state index >= 15 is 0 Å². The normalized spacial score (nSPS) is 10.3. The number of rotatable bonds is 4. The molecule has 4 nitrogen and oxygen atoms in total. The molecule has 1 rings (SSSR count). The Morgan fingerprint density at radius 3 is 2.79 bits per heavy atom. The van der Waals surface area contributed by atoms with E-state index in [1.165, 1.54) is 0 Å². The predicted octanol–water partition coefficient (Wildman–Crippen LogP) is 0.805. The molecule has 74 valence electrons. The molecule has 0 unspecified atom stereocenters. The third kappa shape index (κ3) is 3.71. The van der Waals surface area contributed by atoms with Crippen LogP contribution in [0.25, 0.3) is 0 Å². The first kappa shape index (κ1) is 10.2. The molecular weight excluding hydrogens is 180 g/mol. The van der Waals surface area contributed by atoms with E-state index in [0.29, 0.717) is 6.54 Å². The van der Waals surface area contributed by atoms with Crippen LogP contribution in [0.4, 0.5) is 0 Å². The van der Waals surface area contributed by atoms with Gasteiger partial charge in [0.15, 0.2) is 0 Å². The summed E-state index contributed by atoms with van der Waals surface area (Å²) in [4.78, 5) is 10.8. The van der Waals surface area contributed by atoms with Crippen molar-refractivity contribution in [2.45, 2.75) is 6.42 Å². The first-order valence-corrected chi connectivity index (χ1v) is 4.32. The van der Waals surface area contributed by atoms with Crippen molar-refractivity contribution in [1.82, 2.24) is 5.32 Å². The van der Waals surface area contributed by atoms with Crippen molar-refractivity contribution in [2.75, 3.05) is 6.54 Å². The second-order valence-corrected chi connectivity index (χ2v) is 2.77. The monoisotopic (exact) mass is 192 g/mol. The lowest BCUT2D eigenvalue weighted by atomic mass is 10.1. The van der Waals surface area contributed by atoms with Gasteiger partial charge in [-0.3, -0.25) is 4.79 Å². The average molecular weight is 192 g/mol. The fourth-order valence-corrected chi connectivity index (χ4v) is 1.07. The second-order valence-electron chi connectivity index (χ2n) is 2.77. The van der Waals surface area contributed by atoms with Gasteiger partial charge in [0.25, 0.3) is 5.91 Å². The molecule has 1 aromatic carbocycles. The van der Waals surface area contributed by atoms with Crippen LogP contribution < -0.4 is 5.32 Å². The number of benzene rings is 1. The molecule has 0 saturated heterocycles. The minimum absolute atomic E-state index is 0.386. The molecule has 0 atom stereocenters. The van der Waals surface area contributed by atoms with Crippen molar-refractivity contribution in [3.63, 3.8) is 0 Å². The summed E-state index contributed by atoms with van der Waals surface area (Å²) >= 11 is 0. The van der Waals surface area contributed by atoms with Crippen LogP contribution in [-0.2, 0) is 11.2 Å². The van der Waals surface area contributed by atoms with Gasteiger partial charge in [-0.2, -0.15) is 0 Å². The Morgan fingerprint density at radius 2 is 2.14 bits per heavy atom. The van der Waals surface area contributed by atoms with Gasteiger partial charge < -0.3 is 10.5 Å². The summed E-state index contributed by atoms with van der Waals surface area (Å²) in [5.74, 6) is -0.386. The van der Waals surface area contributed by atoms with E-state index in [1.807, 2.05) is 30.3 Å². The van der Waals surface area contributed by atoms with Crippen LogP contribution in [0, 0.1) is 0 Å². The molecule has 2 N–H and O–H groups in total. The van der Waals surface area contributed by atoms with Crippen LogP contribution in [0.5, 0.6) is 0 Å². The highest BCUT2D eigenvalue weighted by Gasteiger charge is 1.95. The van der Waals surface area contributed by atoms with E-state index in [0.717, 1.165) is 18.2 Å². The van der Waals surface area contributed by atoms with Gasteiger partial charge in [-0.15, -0.1) is 0 Å². The Morgan fingerprint density at radius 1 is 1.43 bits per heavy atom. The minimum atomic E-state index is -0.386. The molecular formula is C10H12N2O2. The topological polar surface area (TPSA) is 61.7 Å².